The molecule has 4 heterocycles. The molecule has 0 aliphatic carbocycles. The van der Waals surface area contributed by atoms with Gasteiger partial charge >= 0.3 is 12.2 Å². The molecule has 6 atom stereocenters. The molecule has 0 spiro atoms. The third-order valence-corrected chi connectivity index (χ3v) is 28.7. The Labute approximate surface area is 725 Å². The van der Waals surface area contributed by atoms with Crippen molar-refractivity contribution in [3.8, 4) is 71.5 Å². The number of carbonyl (C=O) groups excluding carboxylic acids is 3. The van der Waals surface area contributed by atoms with Gasteiger partial charge in [0.15, 0.2) is 5.78 Å². The lowest BCUT2D eigenvalue weighted by molar-refractivity contribution is -0.00393. The first-order chi connectivity index (χ1) is 53.0. The van der Waals surface area contributed by atoms with Crippen LogP contribution in [0.3, 0.4) is 0 Å². The number of nitrogens with zero attached hydrogens (tertiary/aromatic N) is 6. The van der Waals surface area contributed by atoms with Crippen LogP contribution in [0.5, 0.6) is 0 Å². The van der Waals surface area contributed by atoms with Crippen LogP contribution in [0.1, 0.15) is 151 Å². The number of amidine groups is 3. The van der Waals surface area contributed by atoms with Crippen LogP contribution in [0.4, 0.5) is 31.5 Å². The fourth-order valence-electron chi connectivity index (χ4n) is 11.2. The number of ether oxygens (including phenoxy) is 6. The Hall–Kier alpha value is -6.53. The van der Waals surface area contributed by atoms with E-state index in [1.165, 1.54) is 53.4 Å². The van der Waals surface area contributed by atoms with E-state index in [1.54, 1.807) is 154 Å². The van der Waals surface area contributed by atoms with Gasteiger partial charge in [-0.3, -0.25) is 39.3 Å². The lowest BCUT2D eigenvalue weighted by Gasteiger charge is -2.56. The third-order valence-electron chi connectivity index (χ3n) is 17.4. The van der Waals surface area contributed by atoms with Crippen molar-refractivity contribution >= 4 is 134 Å². The number of benzene rings is 3. The van der Waals surface area contributed by atoms with Gasteiger partial charge in [0.2, 0.25) is 0 Å². The standard InChI is InChI=1S/C24H38BrF2N3O5S.C22H35BrFN3O5S.C22H27ClF2N4O2S.C13H4.CH4.HI/c1-22(2,3)35-21(31)30(16-34-13-12-33-7)20-23(4,5)36(32,28-11-10-26)15-24(6,29-20)18-14-17(25)8-9-19(18)27;1-20(2,3)32-19(28)27(14-31-11-10-30-7)18-21(4,5)33(25,29)13-22(6,26-18)16-12-15(23)8-9-17(16)24;1-21(2)20(26)29-22(3,13-32(21,31)28-9-8-24)16-10-14(4-6-17(16)25)11-19(30)18-7-5-15(23)12-27-18;1-3-5-7-9-11-13-12-10-8-6-4-2;;/h8-9,14,28,32H,10-13,15-16H2,1-7H3;8-9,12,29H,10-11,13-14,25H2,1-7H3;4-7,10,12,28,31H,8-9,11,13H2,1-3H3,(H2,26,29);1H,2H3;1H4;1H/t24-;2*22-;;;/m000.../s1. The van der Waals surface area contributed by atoms with E-state index in [4.69, 9.17) is 67.3 Å². The molecule has 0 radical (unpaired) electrons. The Morgan fingerprint density at radius 2 is 1.00 bits per heavy atom. The summed E-state index contributed by atoms with van der Waals surface area (Å²) in [5.74, 6) is 25.7. The van der Waals surface area contributed by atoms with Crippen molar-refractivity contribution in [1.29, 1.82) is 0 Å². The molecule has 3 aliphatic rings. The van der Waals surface area contributed by atoms with E-state index in [9.17, 15) is 45.6 Å². The van der Waals surface area contributed by atoms with Gasteiger partial charge in [-0.05, 0) is 236 Å². The number of halogens is 9. The number of terminal acetylenes is 1. The van der Waals surface area contributed by atoms with Crippen LogP contribution in [-0.4, -0.2) is 187 Å². The van der Waals surface area contributed by atoms with Crippen molar-refractivity contribution in [2.24, 2.45) is 25.8 Å². The van der Waals surface area contributed by atoms with Crippen LogP contribution < -0.4 is 20.3 Å². The first-order valence-electron chi connectivity index (χ1n) is 35.4. The average Bonchev–Trinajstić information content (AvgIpc) is 0.737. The lowest BCUT2D eigenvalue weighted by atomic mass is 9.90. The highest BCUT2D eigenvalue weighted by molar-refractivity contribution is 14.0. The maximum Gasteiger partial charge on any atom is 0.417 e. The van der Waals surface area contributed by atoms with Crippen molar-refractivity contribution in [1.82, 2.24) is 24.2 Å². The van der Waals surface area contributed by atoms with E-state index in [2.05, 4.69) is 116 Å². The molecule has 0 fully saturated rings. The number of nitrogens with two attached hydrogens (primary N) is 2. The summed E-state index contributed by atoms with van der Waals surface area (Å²) in [7, 11) is -5.42. The summed E-state index contributed by atoms with van der Waals surface area (Å²) in [6.45, 7) is 26.6. The van der Waals surface area contributed by atoms with Crippen molar-refractivity contribution in [3.05, 3.63) is 132 Å². The Bertz CT molecular complexity index is 4560. The summed E-state index contributed by atoms with van der Waals surface area (Å²) >= 11 is 12.6. The molecule has 3 aliphatic heterocycles. The van der Waals surface area contributed by atoms with E-state index in [1.807, 2.05) is 0 Å². The minimum atomic E-state index is -2.91. The number of Topliss-reactive ketones (excluding diaryl/α,β-unsaturated/α-hetero) is 1. The second-order valence-corrected chi connectivity index (χ2v) is 41.0. The minimum absolute atomic E-state index is 0. The summed E-state index contributed by atoms with van der Waals surface area (Å²) < 4.78 is 142. The van der Waals surface area contributed by atoms with Crippen LogP contribution in [0.2, 0.25) is 5.02 Å². The summed E-state index contributed by atoms with van der Waals surface area (Å²) in [6.07, 6.45) is 4.80. The monoisotopic (exact) mass is 1940 g/mol. The van der Waals surface area contributed by atoms with Crippen LogP contribution in [0.15, 0.2) is 96.8 Å². The Morgan fingerprint density at radius 3 is 1.41 bits per heavy atom. The first-order valence-corrected chi connectivity index (χ1v) is 42.7. The topological polar surface area (TPSA) is 300 Å². The number of nitrogens with one attached hydrogen (secondary N) is 2. The molecule has 1 aromatic heterocycles. The fourth-order valence-corrected chi connectivity index (χ4v) is 19.4. The zero-order chi connectivity index (χ0) is 86.1. The number of hydrogen-bond donors (Lipinski definition) is 7. The highest BCUT2D eigenvalue weighted by Crippen LogP contribution is 2.62. The number of rotatable bonds is 22. The van der Waals surface area contributed by atoms with E-state index in [-0.39, 0.29) is 141 Å². The van der Waals surface area contributed by atoms with E-state index in [0.717, 1.165) is 0 Å². The maximum absolute atomic E-state index is 15.1. The normalized spacial score (nSPS) is 23.4. The zero-order valence-corrected chi connectivity index (χ0v) is 76.6. The van der Waals surface area contributed by atoms with E-state index >= 15 is 4.39 Å². The van der Waals surface area contributed by atoms with Crippen molar-refractivity contribution < 1.29 is 78.4 Å². The number of amides is 2. The number of hydrogen-bond acceptors (Lipinski definition) is 20. The van der Waals surface area contributed by atoms with Crippen LogP contribution >= 0.6 is 98.9 Å². The highest BCUT2D eigenvalue weighted by atomic mass is 127. The number of methoxy groups -OCH3 is 2. The molecule has 116 heavy (non-hydrogen) atoms. The van der Waals surface area contributed by atoms with Gasteiger partial charge in [0, 0.05) is 82.8 Å². The Kier molecular flexibility index (Phi) is 41.6. The van der Waals surface area contributed by atoms with Crippen molar-refractivity contribution in [3.63, 3.8) is 0 Å². The third kappa shape index (κ3) is 29.1. The number of pyridine rings is 1. The summed E-state index contributed by atoms with van der Waals surface area (Å²) in [6, 6.07) is 16.4. The molecule has 7 rings (SSSR count). The van der Waals surface area contributed by atoms with Crippen LogP contribution in [0.25, 0.3) is 0 Å². The smallest absolute Gasteiger partial charge is 0.417 e. The largest absolute Gasteiger partial charge is 0.443 e. The highest BCUT2D eigenvalue weighted by Gasteiger charge is 2.57. The van der Waals surface area contributed by atoms with Gasteiger partial charge < -0.3 is 47.8 Å². The number of aromatic nitrogens is 1. The summed E-state index contributed by atoms with van der Waals surface area (Å²) in [5.41, 5.74) is 2.39. The number of carbonyl (C=O) groups is 3. The number of aliphatic imine (C=N–C) groups is 3. The molecule has 3 aromatic carbocycles. The molecule has 0 saturated carbocycles. The number of ketones is 1. The quantitative estimate of drug-likeness (QED) is 0.00960. The van der Waals surface area contributed by atoms with Gasteiger partial charge in [0.1, 0.15) is 78.7 Å². The average molecular weight is 1940 g/mol. The fraction of sp³-hybridized carbons (Fsp3) is 0.500. The zero-order valence-electron chi connectivity index (χ0n) is 67.9. The molecule has 640 valence electrons. The molecule has 9 N–H and O–H groups in total. The summed E-state index contributed by atoms with van der Waals surface area (Å²) in [5, 5.41) is 6.89. The molecule has 4 aromatic rings. The second kappa shape index (κ2) is 45.8. The van der Waals surface area contributed by atoms with Gasteiger partial charge in [0.25, 0.3) is 0 Å². The number of alkyl halides is 2. The predicted molar refractivity (Wildman–Crippen MR) is 477 cm³/mol. The minimum Gasteiger partial charge on any atom is -0.443 e. The lowest BCUT2D eigenvalue weighted by Crippen LogP contribution is -2.60. The van der Waals surface area contributed by atoms with Gasteiger partial charge in [-0.15, -0.1) is 30.4 Å². The van der Waals surface area contributed by atoms with Gasteiger partial charge in [0.05, 0.1) is 62.3 Å². The van der Waals surface area contributed by atoms with Crippen LogP contribution in [0, 0.1) is 89.0 Å². The second-order valence-electron chi connectivity index (χ2n) is 29.9. The maximum atomic E-state index is 15.1. The van der Waals surface area contributed by atoms with E-state index in [0.29, 0.717) is 32.7 Å². The molecule has 34 heteroatoms. The van der Waals surface area contributed by atoms with Crippen molar-refractivity contribution in [2.45, 2.75) is 167 Å². The van der Waals surface area contributed by atoms with Gasteiger partial charge in [-0.25, -0.2) is 41.3 Å². The summed E-state index contributed by atoms with van der Waals surface area (Å²) in [4.78, 5) is 59.9. The van der Waals surface area contributed by atoms with Crippen molar-refractivity contribution in [2.75, 3.05) is 97.8 Å². The van der Waals surface area contributed by atoms with Crippen LogP contribution in [-0.2, 0) is 51.5 Å². The molecule has 0 saturated heterocycles. The van der Waals surface area contributed by atoms with Gasteiger partial charge in [-0.1, -0.05) is 94.4 Å². The molecule has 22 nitrogen and oxygen atoms in total. The SMILES string of the molecule is C.C#CC#CC#CC#CC#CC#CC.CC1(C)C(N)=N[C@](C)(c2cc(CC(=O)c3ccc(Cl)cn3)ccc2F)CS1(O)NCCF.COCCOCN(C(=O)OC(C)(C)C)C1=N[C@](C)(c2cc(Br)ccc2F)CS(N)(O)C1(C)C.COCCOCN(C(=O)OC(C)(C)C)C1=N[C@](C)(c2cc(Br)ccc2F)CS(O)(NCCF)C1(C)C.I. The van der Waals surface area contributed by atoms with Gasteiger partial charge in [-0.2, -0.15) is 0 Å². The Morgan fingerprint density at radius 1 is 0.603 bits per heavy atom. The molecular formula is C82H109Br2ClF5IN10O12S3. The molecular weight excluding hydrogens is 1830 g/mol. The first kappa shape index (κ1) is 106. The molecule has 2 amide bonds. The molecule has 3 unspecified atom stereocenters. The molecule has 0 bridgehead atoms. The van der Waals surface area contributed by atoms with E-state index < -0.39 is 117 Å². The predicted octanol–water partition coefficient (Wildman–Crippen LogP) is 16.9. The Balaban J connectivity index is 0.000000543.